The van der Waals surface area contributed by atoms with E-state index in [2.05, 4.69) is 4.89 Å². The van der Waals surface area contributed by atoms with Gasteiger partial charge in [0.15, 0.2) is 0 Å². The number of hydrogen-bond donors (Lipinski definition) is 1. The second-order valence-corrected chi connectivity index (χ2v) is 5.91. The van der Waals surface area contributed by atoms with Crippen LogP contribution in [0.5, 0.6) is 0 Å². The maximum atomic E-state index is 11.8. The number of sulfonamides is 1. The lowest BCUT2D eigenvalue weighted by Crippen LogP contribution is -2.28. The van der Waals surface area contributed by atoms with Crippen LogP contribution in [0.4, 0.5) is 0 Å². The van der Waals surface area contributed by atoms with Gasteiger partial charge in [-0.05, 0) is 30.9 Å². The lowest BCUT2D eigenvalue weighted by Gasteiger charge is -2.21. The van der Waals surface area contributed by atoms with Crippen LogP contribution in [-0.4, -0.2) is 28.2 Å². The second-order valence-electron chi connectivity index (χ2n) is 4.27. The summed E-state index contributed by atoms with van der Waals surface area (Å²) in [7, 11) is -3.56. The largest absolute Gasteiger partial charge is 0.381 e. The van der Waals surface area contributed by atoms with Gasteiger partial charge in [0.25, 0.3) is 10.0 Å². The van der Waals surface area contributed by atoms with Crippen molar-refractivity contribution in [1.29, 1.82) is 0 Å². The van der Waals surface area contributed by atoms with Crippen molar-refractivity contribution in [3.63, 3.8) is 0 Å². The molecule has 0 amide bonds. The molecule has 6 heteroatoms. The summed E-state index contributed by atoms with van der Waals surface area (Å²) in [6, 6.07) is 8.17. The van der Waals surface area contributed by atoms with Gasteiger partial charge in [-0.3, -0.25) is 4.84 Å². The third-order valence-corrected chi connectivity index (χ3v) is 4.11. The zero-order valence-corrected chi connectivity index (χ0v) is 10.9. The van der Waals surface area contributed by atoms with E-state index in [9.17, 15) is 8.42 Å². The van der Waals surface area contributed by atoms with Crippen LogP contribution in [0.15, 0.2) is 35.2 Å². The molecule has 5 nitrogen and oxygen atoms in total. The Morgan fingerprint density at radius 3 is 2.56 bits per heavy atom. The van der Waals surface area contributed by atoms with E-state index in [-0.39, 0.29) is 4.90 Å². The minimum atomic E-state index is -3.56. The Labute approximate surface area is 107 Å². The van der Waals surface area contributed by atoms with Crippen molar-refractivity contribution >= 4 is 10.0 Å². The lowest BCUT2D eigenvalue weighted by molar-refractivity contribution is 0.00557. The second kappa shape index (κ2) is 6.29. The summed E-state index contributed by atoms with van der Waals surface area (Å²) in [5.41, 5.74) is 0. The summed E-state index contributed by atoms with van der Waals surface area (Å²) in [5, 5.41) is 0. The first-order valence-electron chi connectivity index (χ1n) is 5.95. The summed E-state index contributed by atoms with van der Waals surface area (Å²) in [4.78, 5) is 7.46. The smallest absolute Gasteiger partial charge is 0.262 e. The molecule has 0 radical (unpaired) electrons. The topological polar surface area (TPSA) is 64.6 Å². The molecule has 2 rings (SSSR count). The van der Waals surface area contributed by atoms with Crippen LogP contribution in [-0.2, 0) is 19.6 Å². The summed E-state index contributed by atoms with van der Waals surface area (Å²) in [6.07, 6.45) is 1.82. The monoisotopic (exact) mass is 271 g/mol. The van der Waals surface area contributed by atoms with Gasteiger partial charge in [-0.25, -0.2) is 8.42 Å². The molecule has 0 unspecified atom stereocenters. The molecule has 0 saturated carbocycles. The SMILES string of the molecule is O=S(=O)(NOCC1CCOCC1)c1ccccc1. The van der Waals surface area contributed by atoms with Crippen molar-refractivity contribution in [2.45, 2.75) is 17.7 Å². The Morgan fingerprint density at radius 2 is 1.89 bits per heavy atom. The number of benzene rings is 1. The summed E-state index contributed by atoms with van der Waals surface area (Å²) >= 11 is 0. The van der Waals surface area contributed by atoms with E-state index in [1.54, 1.807) is 18.2 Å². The minimum Gasteiger partial charge on any atom is -0.381 e. The molecule has 0 bridgehead atoms. The highest BCUT2D eigenvalue weighted by molar-refractivity contribution is 7.89. The molecular formula is C12H17NO4S. The quantitative estimate of drug-likeness (QED) is 0.820. The van der Waals surface area contributed by atoms with Gasteiger partial charge in [0.05, 0.1) is 11.5 Å². The molecule has 1 aromatic carbocycles. The highest BCUT2D eigenvalue weighted by atomic mass is 32.2. The predicted octanol–water partition coefficient (Wildman–Crippen LogP) is 1.32. The van der Waals surface area contributed by atoms with Crippen LogP contribution in [0.3, 0.4) is 0 Å². The molecule has 1 aliphatic heterocycles. The van der Waals surface area contributed by atoms with Gasteiger partial charge in [0, 0.05) is 13.2 Å². The fourth-order valence-corrected chi connectivity index (χ4v) is 2.63. The fraction of sp³-hybridized carbons (Fsp3) is 0.500. The third-order valence-electron chi connectivity index (χ3n) is 2.88. The molecule has 18 heavy (non-hydrogen) atoms. The Morgan fingerprint density at radius 1 is 1.22 bits per heavy atom. The molecule has 1 aliphatic rings. The van der Waals surface area contributed by atoms with Gasteiger partial charge in [-0.15, -0.1) is 0 Å². The van der Waals surface area contributed by atoms with Gasteiger partial charge in [-0.2, -0.15) is 0 Å². The fourth-order valence-electron chi connectivity index (χ4n) is 1.79. The molecule has 0 spiro atoms. The standard InChI is InChI=1S/C12H17NO4S/c14-18(15,12-4-2-1-3-5-12)13-17-10-11-6-8-16-9-7-11/h1-5,11,13H,6-10H2. The molecule has 1 saturated heterocycles. The van der Waals surface area contributed by atoms with Gasteiger partial charge >= 0.3 is 0 Å². The molecule has 1 aromatic rings. The van der Waals surface area contributed by atoms with Gasteiger partial charge in [-0.1, -0.05) is 23.1 Å². The van der Waals surface area contributed by atoms with Crippen molar-refractivity contribution in [3.8, 4) is 0 Å². The number of hydrogen-bond acceptors (Lipinski definition) is 4. The molecule has 1 fully saturated rings. The highest BCUT2D eigenvalue weighted by Crippen LogP contribution is 2.14. The Kier molecular flexibility index (Phi) is 4.71. The van der Waals surface area contributed by atoms with Crippen LogP contribution < -0.4 is 4.89 Å². The van der Waals surface area contributed by atoms with Crippen LogP contribution in [0.1, 0.15) is 12.8 Å². The summed E-state index contributed by atoms with van der Waals surface area (Å²) < 4.78 is 28.8. The first kappa shape index (κ1) is 13.5. The van der Waals surface area contributed by atoms with Crippen molar-refractivity contribution in [3.05, 3.63) is 30.3 Å². The normalized spacial score (nSPS) is 17.8. The molecule has 0 aliphatic carbocycles. The van der Waals surface area contributed by atoms with Crippen molar-refractivity contribution in [1.82, 2.24) is 4.89 Å². The van der Waals surface area contributed by atoms with Gasteiger partial charge < -0.3 is 4.74 Å². The van der Waals surface area contributed by atoms with Crippen LogP contribution in [0.25, 0.3) is 0 Å². The zero-order chi connectivity index (χ0) is 12.8. The molecule has 0 aromatic heterocycles. The maximum Gasteiger partial charge on any atom is 0.262 e. The first-order valence-corrected chi connectivity index (χ1v) is 7.43. The minimum absolute atomic E-state index is 0.206. The average molecular weight is 271 g/mol. The van der Waals surface area contributed by atoms with Crippen LogP contribution >= 0.6 is 0 Å². The van der Waals surface area contributed by atoms with E-state index in [0.29, 0.717) is 12.5 Å². The van der Waals surface area contributed by atoms with E-state index in [4.69, 9.17) is 9.57 Å². The third kappa shape index (κ3) is 3.78. The number of nitrogens with one attached hydrogen (secondary N) is 1. The zero-order valence-electron chi connectivity index (χ0n) is 10.0. The van der Waals surface area contributed by atoms with E-state index in [1.807, 2.05) is 0 Å². The van der Waals surface area contributed by atoms with E-state index in [1.165, 1.54) is 12.1 Å². The molecular weight excluding hydrogens is 254 g/mol. The summed E-state index contributed by atoms with van der Waals surface area (Å²) in [6.45, 7) is 1.83. The van der Waals surface area contributed by atoms with E-state index < -0.39 is 10.0 Å². The molecule has 100 valence electrons. The van der Waals surface area contributed by atoms with Gasteiger partial charge in [0.1, 0.15) is 0 Å². The van der Waals surface area contributed by atoms with Crippen molar-refractivity contribution in [2.24, 2.45) is 5.92 Å². The Bertz CT molecular complexity index is 454. The van der Waals surface area contributed by atoms with E-state index in [0.717, 1.165) is 26.1 Å². The Hall–Kier alpha value is -0.950. The number of ether oxygens (including phenoxy) is 1. The Balaban J connectivity index is 1.82. The predicted molar refractivity (Wildman–Crippen MR) is 66.3 cm³/mol. The molecule has 0 atom stereocenters. The number of rotatable bonds is 5. The van der Waals surface area contributed by atoms with Gasteiger partial charge in [0.2, 0.25) is 0 Å². The maximum absolute atomic E-state index is 11.8. The van der Waals surface area contributed by atoms with Crippen molar-refractivity contribution < 1.29 is 18.0 Å². The van der Waals surface area contributed by atoms with Crippen LogP contribution in [0, 0.1) is 5.92 Å². The summed E-state index contributed by atoms with van der Waals surface area (Å²) in [5.74, 6) is 0.359. The van der Waals surface area contributed by atoms with E-state index >= 15 is 0 Å². The van der Waals surface area contributed by atoms with Crippen LogP contribution in [0.2, 0.25) is 0 Å². The average Bonchev–Trinajstić information content (AvgIpc) is 2.41. The molecule has 1 heterocycles. The first-order chi connectivity index (χ1) is 8.68. The lowest BCUT2D eigenvalue weighted by atomic mass is 10.0. The van der Waals surface area contributed by atoms with Crippen molar-refractivity contribution in [2.75, 3.05) is 19.8 Å². The molecule has 1 N–H and O–H groups in total. The highest BCUT2D eigenvalue weighted by Gasteiger charge is 2.17.